The summed E-state index contributed by atoms with van der Waals surface area (Å²) in [4.78, 5) is 13.1. The molecule has 9 heteroatoms. The van der Waals surface area contributed by atoms with E-state index in [4.69, 9.17) is 10.2 Å². The van der Waals surface area contributed by atoms with Crippen LogP contribution in [-0.4, -0.2) is 37.0 Å². The molecule has 0 radical (unpaired) electrons. The molecule has 0 saturated carbocycles. The summed E-state index contributed by atoms with van der Waals surface area (Å²) < 4.78 is 7.07. The van der Waals surface area contributed by atoms with Gasteiger partial charge in [-0.3, -0.25) is 4.98 Å². The van der Waals surface area contributed by atoms with Gasteiger partial charge in [0, 0.05) is 6.54 Å². The van der Waals surface area contributed by atoms with E-state index in [2.05, 4.69) is 30.6 Å². The molecule has 0 spiro atoms. The minimum Gasteiger partial charge on any atom is -0.463 e. The second kappa shape index (κ2) is 6.29. The molecule has 0 unspecified atom stereocenters. The number of rotatable bonds is 5. The Bertz CT molecular complexity index is 1010. The number of nitrogens with two attached hydrogens (primary N) is 1. The number of furan rings is 1. The predicted molar refractivity (Wildman–Crippen MR) is 91.3 cm³/mol. The largest absolute Gasteiger partial charge is 0.463 e. The average Bonchev–Trinajstić information content (AvgIpc) is 3.26. The van der Waals surface area contributed by atoms with Crippen molar-refractivity contribution < 1.29 is 4.42 Å². The summed E-state index contributed by atoms with van der Waals surface area (Å²) in [5.74, 6) is 0.708. The Kier molecular flexibility index (Phi) is 3.82. The predicted octanol–water partition coefficient (Wildman–Crippen LogP) is 1.23. The Morgan fingerprint density at radius 1 is 1.12 bits per heavy atom. The van der Waals surface area contributed by atoms with E-state index in [0.717, 1.165) is 11.4 Å². The van der Waals surface area contributed by atoms with Crippen molar-refractivity contribution in [3.8, 4) is 11.5 Å². The zero-order valence-electron chi connectivity index (χ0n) is 13.5. The van der Waals surface area contributed by atoms with E-state index in [1.54, 1.807) is 23.1 Å². The van der Waals surface area contributed by atoms with Gasteiger partial charge in [0.05, 0.1) is 24.2 Å². The molecule has 0 atom stereocenters. The van der Waals surface area contributed by atoms with Crippen molar-refractivity contribution in [3.05, 3.63) is 48.0 Å². The number of nitrogens with one attached hydrogen (secondary N) is 1. The van der Waals surface area contributed by atoms with Gasteiger partial charge in [-0.15, -0.1) is 5.10 Å². The third kappa shape index (κ3) is 2.92. The van der Waals surface area contributed by atoms with Gasteiger partial charge in [-0.2, -0.15) is 4.98 Å². The molecule has 4 aromatic rings. The second-order valence-corrected chi connectivity index (χ2v) is 5.48. The zero-order valence-corrected chi connectivity index (χ0v) is 13.5. The van der Waals surface area contributed by atoms with Crippen LogP contribution in [0.2, 0.25) is 0 Å². The third-order valence-corrected chi connectivity index (χ3v) is 3.67. The van der Waals surface area contributed by atoms with Crippen molar-refractivity contribution in [3.63, 3.8) is 0 Å². The smallest absolute Gasteiger partial charge is 0.222 e. The second-order valence-electron chi connectivity index (χ2n) is 5.48. The molecular formula is C16H16N8O. The lowest BCUT2D eigenvalue weighted by molar-refractivity contribution is 0.580. The van der Waals surface area contributed by atoms with E-state index in [-0.39, 0.29) is 5.95 Å². The quantitative estimate of drug-likeness (QED) is 0.558. The fraction of sp³-hybridized carbons (Fsp3) is 0.188. The molecule has 4 aromatic heterocycles. The van der Waals surface area contributed by atoms with Crippen LogP contribution in [0, 0.1) is 0 Å². The molecule has 9 nitrogen and oxygen atoms in total. The topological polar surface area (TPSA) is 121 Å². The third-order valence-electron chi connectivity index (χ3n) is 3.67. The monoisotopic (exact) mass is 336 g/mol. The lowest BCUT2D eigenvalue weighted by Gasteiger charge is -2.05. The van der Waals surface area contributed by atoms with Crippen LogP contribution in [0.4, 0.5) is 5.95 Å². The van der Waals surface area contributed by atoms with Gasteiger partial charge >= 0.3 is 0 Å². The number of nitrogens with zero attached hydrogens (tertiary/aromatic N) is 6. The van der Waals surface area contributed by atoms with E-state index < -0.39 is 0 Å². The highest BCUT2D eigenvalue weighted by atomic mass is 16.3. The molecule has 25 heavy (non-hydrogen) atoms. The van der Waals surface area contributed by atoms with Crippen LogP contribution < -0.4 is 11.1 Å². The standard InChI is InChI=1S/C16H16N8O/c1-18-8-10-4-2-5-11(19-10)9-24-15-14(22-23-24)13(20-16(17)21-15)12-6-3-7-25-12/h2-7,18H,8-9H2,1H3,(H2,17,20,21). The highest BCUT2D eigenvalue weighted by molar-refractivity contribution is 5.85. The van der Waals surface area contributed by atoms with Crippen LogP contribution in [0.15, 0.2) is 41.0 Å². The Hall–Kier alpha value is -3.33. The molecule has 0 aliphatic rings. The lowest BCUT2D eigenvalue weighted by Crippen LogP contribution is -2.10. The minimum absolute atomic E-state index is 0.138. The van der Waals surface area contributed by atoms with Crippen LogP contribution in [0.3, 0.4) is 0 Å². The summed E-state index contributed by atoms with van der Waals surface area (Å²) in [5.41, 5.74) is 9.27. The summed E-state index contributed by atoms with van der Waals surface area (Å²) in [5, 5.41) is 11.5. The van der Waals surface area contributed by atoms with Gasteiger partial charge in [-0.25, -0.2) is 9.67 Å². The number of anilines is 1. The Morgan fingerprint density at radius 2 is 2.00 bits per heavy atom. The summed E-state index contributed by atoms with van der Waals surface area (Å²) in [6.45, 7) is 1.13. The first-order valence-electron chi connectivity index (χ1n) is 7.74. The average molecular weight is 336 g/mol. The summed E-state index contributed by atoms with van der Waals surface area (Å²) >= 11 is 0. The van der Waals surface area contributed by atoms with Crippen molar-refractivity contribution in [2.24, 2.45) is 0 Å². The molecule has 0 aromatic carbocycles. The molecule has 0 aliphatic heterocycles. The Morgan fingerprint density at radius 3 is 2.80 bits per heavy atom. The van der Waals surface area contributed by atoms with Gasteiger partial charge in [0.25, 0.3) is 0 Å². The van der Waals surface area contributed by atoms with Crippen molar-refractivity contribution in [2.45, 2.75) is 13.1 Å². The molecule has 0 fully saturated rings. The maximum absolute atomic E-state index is 5.86. The van der Waals surface area contributed by atoms with Crippen molar-refractivity contribution >= 4 is 17.1 Å². The molecule has 3 N–H and O–H groups in total. The van der Waals surface area contributed by atoms with E-state index in [9.17, 15) is 0 Å². The molecule has 126 valence electrons. The van der Waals surface area contributed by atoms with E-state index >= 15 is 0 Å². The Balaban J connectivity index is 1.75. The van der Waals surface area contributed by atoms with Crippen LogP contribution in [-0.2, 0) is 13.1 Å². The number of pyridine rings is 1. The summed E-state index contributed by atoms with van der Waals surface area (Å²) in [6, 6.07) is 9.44. The van der Waals surface area contributed by atoms with E-state index in [1.807, 2.05) is 25.2 Å². The molecule has 0 amide bonds. The fourth-order valence-corrected chi connectivity index (χ4v) is 2.61. The minimum atomic E-state index is 0.138. The number of aromatic nitrogens is 6. The number of hydrogen-bond acceptors (Lipinski definition) is 8. The first-order chi connectivity index (χ1) is 12.2. The van der Waals surface area contributed by atoms with Crippen molar-refractivity contribution in [2.75, 3.05) is 12.8 Å². The van der Waals surface area contributed by atoms with Crippen LogP contribution >= 0.6 is 0 Å². The first kappa shape index (κ1) is 15.2. The van der Waals surface area contributed by atoms with Gasteiger partial charge in [-0.05, 0) is 31.3 Å². The molecule has 4 heterocycles. The molecular weight excluding hydrogens is 320 g/mol. The van der Waals surface area contributed by atoms with Gasteiger partial charge < -0.3 is 15.5 Å². The normalized spacial score (nSPS) is 11.2. The highest BCUT2D eigenvalue weighted by Gasteiger charge is 2.17. The lowest BCUT2D eigenvalue weighted by atomic mass is 10.3. The van der Waals surface area contributed by atoms with Crippen LogP contribution in [0.5, 0.6) is 0 Å². The molecule has 4 rings (SSSR count). The maximum atomic E-state index is 5.86. The number of hydrogen-bond donors (Lipinski definition) is 2. The van der Waals surface area contributed by atoms with E-state index in [0.29, 0.717) is 35.7 Å². The maximum Gasteiger partial charge on any atom is 0.222 e. The summed E-state index contributed by atoms with van der Waals surface area (Å²) in [6.07, 6.45) is 1.57. The van der Waals surface area contributed by atoms with Gasteiger partial charge in [-0.1, -0.05) is 11.3 Å². The number of fused-ring (bicyclic) bond motifs is 1. The highest BCUT2D eigenvalue weighted by Crippen LogP contribution is 2.25. The number of nitrogen functional groups attached to an aromatic ring is 1. The van der Waals surface area contributed by atoms with Gasteiger partial charge in [0.1, 0.15) is 5.69 Å². The molecule has 0 aliphatic carbocycles. The van der Waals surface area contributed by atoms with Crippen LogP contribution in [0.25, 0.3) is 22.6 Å². The fourth-order valence-electron chi connectivity index (χ4n) is 2.61. The first-order valence-corrected chi connectivity index (χ1v) is 7.74. The molecule has 0 bridgehead atoms. The van der Waals surface area contributed by atoms with Crippen molar-refractivity contribution in [1.29, 1.82) is 0 Å². The SMILES string of the molecule is CNCc1cccc(Cn2nnc3c(-c4ccco4)nc(N)nc32)n1. The van der Waals surface area contributed by atoms with Crippen LogP contribution in [0.1, 0.15) is 11.4 Å². The van der Waals surface area contributed by atoms with Gasteiger partial charge in [0.2, 0.25) is 5.95 Å². The van der Waals surface area contributed by atoms with Crippen molar-refractivity contribution in [1.82, 2.24) is 35.3 Å². The summed E-state index contributed by atoms with van der Waals surface area (Å²) in [7, 11) is 1.88. The zero-order chi connectivity index (χ0) is 17.2. The Labute approximate surface area is 142 Å². The molecule has 0 saturated heterocycles. The van der Waals surface area contributed by atoms with E-state index in [1.165, 1.54) is 0 Å². The van der Waals surface area contributed by atoms with Gasteiger partial charge in [0.15, 0.2) is 16.9 Å².